The average Bonchev–Trinajstić information content (AvgIpc) is 2.70. The zero-order valence-corrected chi connectivity index (χ0v) is 9.26. The summed E-state index contributed by atoms with van der Waals surface area (Å²) in [5, 5.41) is 3.32. The van der Waals surface area contributed by atoms with Crippen molar-refractivity contribution in [3.05, 3.63) is 35.4 Å². The normalized spacial score (nSPS) is 20.6. The molecule has 1 atom stereocenters. The van der Waals surface area contributed by atoms with Gasteiger partial charge in [-0.3, -0.25) is 0 Å². The number of hydrogen-bond acceptors (Lipinski definition) is 1. The second-order valence-corrected chi connectivity index (χ2v) is 4.48. The summed E-state index contributed by atoms with van der Waals surface area (Å²) in [4.78, 5) is 0. The molecule has 0 bridgehead atoms. The van der Waals surface area contributed by atoms with Gasteiger partial charge in [0, 0.05) is 6.42 Å². The lowest BCUT2D eigenvalue weighted by Gasteiger charge is -2.09. The molecule has 1 fully saturated rings. The van der Waals surface area contributed by atoms with Crippen LogP contribution in [0.2, 0.25) is 0 Å². The van der Waals surface area contributed by atoms with Gasteiger partial charge >= 0.3 is 0 Å². The molecule has 0 aliphatic carbocycles. The van der Waals surface area contributed by atoms with Crippen LogP contribution in [0.25, 0.3) is 0 Å². The number of benzene rings is 1. The Morgan fingerprint density at radius 1 is 1.31 bits per heavy atom. The Morgan fingerprint density at radius 2 is 2.12 bits per heavy atom. The molecule has 88 valence electrons. The van der Waals surface area contributed by atoms with Crippen molar-refractivity contribution in [2.75, 3.05) is 13.1 Å². The van der Waals surface area contributed by atoms with Crippen LogP contribution >= 0.6 is 0 Å². The van der Waals surface area contributed by atoms with Gasteiger partial charge in [0.1, 0.15) is 0 Å². The predicted molar refractivity (Wildman–Crippen MR) is 60.8 cm³/mol. The number of nitrogens with one attached hydrogen (secondary N) is 1. The lowest BCUT2D eigenvalue weighted by atomic mass is 9.97. The smallest absolute Gasteiger partial charge is 0.242 e. The highest BCUT2D eigenvalue weighted by molar-refractivity contribution is 5.24. The fraction of sp³-hybridized carbons (Fsp3) is 0.538. The van der Waals surface area contributed by atoms with Crippen LogP contribution in [-0.2, 0) is 12.8 Å². The van der Waals surface area contributed by atoms with Crippen LogP contribution in [0.4, 0.5) is 8.78 Å². The zero-order chi connectivity index (χ0) is 11.4. The van der Waals surface area contributed by atoms with Crippen LogP contribution in [0.3, 0.4) is 0 Å². The van der Waals surface area contributed by atoms with Crippen molar-refractivity contribution in [1.29, 1.82) is 0 Å². The topological polar surface area (TPSA) is 12.0 Å². The van der Waals surface area contributed by atoms with E-state index < -0.39 is 6.43 Å². The Labute approximate surface area is 94.9 Å². The summed E-state index contributed by atoms with van der Waals surface area (Å²) in [5.41, 5.74) is 1.94. The van der Waals surface area contributed by atoms with E-state index in [4.69, 9.17) is 0 Å². The third-order valence-electron chi connectivity index (χ3n) is 3.07. The maximum absolute atomic E-state index is 12.2. The molecule has 1 nitrogen and oxygen atoms in total. The highest BCUT2D eigenvalue weighted by Crippen LogP contribution is 2.17. The SMILES string of the molecule is FC(F)Cc1cccc(CC2CCNC2)c1. The molecule has 3 heteroatoms. The van der Waals surface area contributed by atoms with Crippen LogP contribution in [-0.4, -0.2) is 19.5 Å². The first kappa shape index (κ1) is 11.5. The Kier molecular flexibility index (Phi) is 3.88. The molecule has 1 aromatic carbocycles. The van der Waals surface area contributed by atoms with E-state index in [9.17, 15) is 8.78 Å². The molecule has 1 aliphatic rings. The summed E-state index contributed by atoms with van der Waals surface area (Å²) in [6.45, 7) is 2.14. The van der Waals surface area contributed by atoms with Gasteiger partial charge < -0.3 is 5.32 Å². The minimum absolute atomic E-state index is 0.128. The van der Waals surface area contributed by atoms with Gasteiger partial charge in [-0.1, -0.05) is 24.3 Å². The third-order valence-corrected chi connectivity index (χ3v) is 3.07. The van der Waals surface area contributed by atoms with Crippen molar-refractivity contribution < 1.29 is 8.78 Å². The first-order valence-corrected chi connectivity index (χ1v) is 5.81. The van der Waals surface area contributed by atoms with E-state index in [0.717, 1.165) is 25.1 Å². The van der Waals surface area contributed by atoms with E-state index in [1.54, 1.807) is 6.07 Å². The van der Waals surface area contributed by atoms with Crippen molar-refractivity contribution in [2.45, 2.75) is 25.7 Å². The lowest BCUT2D eigenvalue weighted by molar-refractivity contribution is 0.149. The number of halogens is 2. The summed E-state index contributed by atoms with van der Waals surface area (Å²) < 4.78 is 24.5. The molecule has 2 rings (SSSR count). The molecule has 1 N–H and O–H groups in total. The minimum atomic E-state index is -2.25. The molecule has 1 saturated heterocycles. The number of alkyl halides is 2. The monoisotopic (exact) mass is 225 g/mol. The maximum Gasteiger partial charge on any atom is 0.242 e. The van der Waals surface area contributed by atoms with E-state index in [0.29, 0.717) is 5.92 Å². The highest BCUT2D eigenvalue weighted by atomic mass is 19.3. The summed E-state index contributed by atoms with van der Waals surface area (Å²) >= 11 is 0. The molecule has 0 amide bonds. The van der Waals surface area contributed by atoms with E-state index >= 15 is 0 Å². The van der Waals surface area contributed by atoms with E-state index in [1.807, 2.05) is 18.2 Å². The fourth-order valence-electron chi connectivity index (χ4n) is 2.28. The van der Waals surface area contributed by atoms with Crippen LogP contribution in [0.1, 0.15) is 17.5 Å². The Balaban J connectivity index is 1.97. The molecule has 1 unspecified atom stereocenters. The van der Waals surface area contributed by atoms with Gasteiger partial charge in [-0.25, -0.2) is 8.78 Å². The first-order chi connectivity index (χ1) is 7.74. The largest absolute Gasteiger partial charge is 0.316 e. The molecule has 0 spiro atoms. The quantitative estimate of drug-likeness (QED) is 0.830. The first-order valence-electron chi connectivity index (χ1n) is 5.81. The van der Waals surface area contributed by atoms with Crippen molar-refractivity contribution in [1.82, 2.24) is 5.32 Å². The second kappa shape index (κ2) is 5.39. The lowest BCUT2D eigenvalue weighted by Crippen LogP contribution is -2.10. The fourth-order valence-corrected chi connectivity index (χ4v) is 2.28. The molecule has 16 heavy (non-hydrogen) atoms. The van der Waals surface area contributed by atoms with Crippen molar-refractivity contribution >= 4 is 0 Å². The van der Waals surface area contributed by atoms with Gasteiger partial charge in [0.2, 0.25) is 6.43 Å². The molecule has 0 radical (unpaired) electrons. The summed E-state index contributed by atoms with van der Waals surface area (Å²) in [5.74, 6) is 0.668. The molecular formula is C13H17F2N. The molecule has 1 heterocycles. The van der Waals surface area contributed by atoms with Crippen LogP contribution in [0.15, 0.2) is 24.3 Å². The predicted octanol–water partition coefficient (Wildman–Crippen LogP) is 2.65. The summed E-state index contributed by atoms with van der Waals surface area (Å²) in [7, 11) is 0. The van der Waals surface area contributed by atoms with Gasteiger partial charge in [-0.15, -0.1) is 0 Å². The van der Waals surface area contributed by atoms with Crippen LogP contribution in [0, 0.1) is 5.92 Å². The van der Waals surface area contributed by atoms with Gasteiger partial charge in [0.25, 0.3) is 0 Å². The number of rotatable bonds is 4. The van der Waals surface area contributed by atoms with E-state index in [2.05, 4.69) is 5.32 Å². The molecular weight excluding hydrogens is 208 g/mol. The summed E-state index contributed by atoms with van der Waals surface area (Å²) in [6.07, 6.45) is -0.177. The van der Waals surface area contributed by atoms with E-state index in [-0.39, 0.29) is 6.42 Å². The molecule has 0 saturated carbocycles. The average molecular weight is 225 g/mol. The molecule has 0 aromatic heterocycles. The minimum Gasteiger partial charge on any atom is -0.316 e. The highest BCUT2D eigenvalue weighted by Gasteiger charge is 2.15. The standard InChI is InChI=1S/C13H17F2N/c14-13(15)8-11-3-1-2-10(6-11)7-12-4-5-16-9-12/h1-3,6,12-13,16H,4-5,7-9H2. The van der Waals surface area contributed by atoms with Gasteiger partial charge in [-0.2, -0.15) is 0 Å². The Morgan fingerprint density at radius 3 is 2.81 bits per heavy atom. The Hall–Kier alpha value is -0.960. The third kappa shape index (κ3) is 3.27. The zero-order valence-electron chi connectivity index (χ0n) is 9.26. The second-order valence-electron chi connectivity index (χ2n) is 4.48. The van der Waals surface area contributed by atoms with Gasteiger partial charge in [0.05, 0.1) is 0 Å². The van der Waals surface area contributed by atoms with Gasteiger partial charge in [0.15, 0.2) is 0 Å². The van der Waals surface area contributed by atoms with Crippen molar-refractivity contribution in [3.8, 4) is 0 Å². The molecule has 1 aliphatic heterocycles. The summed E-state index contributed by atoms with van der Waals surface area (Å²) in [6, 6.07) is 7.62. The molecule has 1 aromatic rings. The maximum atomic E-state index is 12.2. The van der Waals surface area contributed by atoms with Gasteiger partial charge in [-0.05, 0) is 43.0 Å². The van der Waals surface area contributed by atoms with Crippen LogP contribution < -0.4 is 5.32 Å². The number of hydrogen-bond donors (Lipinski definition) is 1. The van der Waals surface area contributed by atoms with Crippen molar-refractivity contribution in [3.63, 3.8) is 0 Å². The Bertz CT molecular complexity index is 332. The van der Waals surface area contributed by atoms with E-state index in [1.165, 1.54) is 12.0 Å². The van der Waals surface area contributed by atoms with Crippen LogP contribution in [0.5, 0.6) is 0 Å². The van der Waals surface area contributed by atoms with Crippen molar-refractivity contribution in [2.24, 2.45) is 5.92 Å².